The van der Waals surface area contributed by atoms with Crippen molar-refractivity contribution < 1.29 is 9.52 Å². The molecule has 0 aliphatic heterocycles. The maximum absolute atomic E-state index is 9.18. The highest BCUT2D eigenvalue weighted by Crippen LogP contribution is 2.24. The zero-order valence-electron chi connectivity index (χ0n) is 9.66. The van der Waals surface area contributed by atoms with Crippen LogP contribution in [0.5, 0.6) is 0 Å². The van der Waals surface area contributed by atoms with Crippen LogP contribution < -0.4 is 5.32 Å². The van der Waals surface area contributed by atoms with Gasteiger partial charge in [-0.25, -0.2) is 0 Å². The van der Waals surface area contributed by atoms with Gasteiger partial charge in [0.15, 0.2) is 0 Å². The molecule has 1 aromatic carbocycles. The summed E-state index contributed by atoms with van der Waals surface area (Å²) < 4.78 is 5.65. The van der Waals surface area contributed by atoms with E-state index in [0.717, 1.165) is 23.3 Å². The zero-order valence-corrected chi connectivity index (χ0v) is 9.66. The minimum Gasteiger partial charge on any atom is -0.461 e. The summed E-state index contributed by atoms with van der Waals surface area (Å²) in [5.41, 5.74) is 2.10. The Morgan fingerprint density at radius 1 is 1.38 bits per heavy atom. The molecule has 2 aromatic rings. The first-order valence-corrected chi connectivity index (χ1v) is 5.54. The summed E-state index contributed by atoms with van der Waals surface area (Å²) in [6.07, 6.45) is -0.321. The molecule has 0 spiro atoms. The standard InChI is InChI=1S/C13H17NO2/c1-9(15)7-14-8-12-10(2)16-13-6-4-3-5-11(12)13/h3-6,9,14-15H,7-8H2,1-2H3. The Balaban J connectivity index is 2.19. The van der Waals surface area contributed by atoms with Crippen LogP contribution in [0.4, 0.5) is 0 Å². The van der Waals surface area contributed by atoms with E-state index >= 15 is 0 Å². The number of aryl methyl sites for hydroxylation is 1. The van der Waals surface area contributed by atoms with Gasteiger partial charge in [-0.1, -0.05) is 18.2 Å². The fourth-order valence-electron chi connectivity index (χ4n) is 1.85. The number of para-hydroxylation sites is 1. The molecule has 1 aromatic heterocycles. The topological polar surface area (TPSA) is 45.4 Å². The first-order valence-electron chi connectivity index (χ1n) is 5.54. The number of benzene rings is 1. The van der Waals surface area contributed by atoms with Gasteiger partial charge in [-0.2, -0.15) is 0 Å². The smallest absolute Gasteiger partial charge is 0.134 e. The predicted octanol–water partition coefficient (Wildman–Crippen LogP) is 2.21. The van der Waals surface area contributed by atoms with Gasteiger partial charge in [0.2, 0.25) is 0 Å². The van der Waals surface area contributed by atoms with Gasteiger partial charge in [0.05, 0.1) is 6.10 Å². The Bertz CT molecular complexity index is 474. The van der Waals surface area contributed by atoms with Crippen molar-refractivity contribution in [2.24, 2.45) is 0 Å². The average molecular weight is 219 g/mol. The molecule has 16 heavy (non-hydrogen) atoms. The molecule has 1 unspecified atom stereocenters. The highest BCUT2D eigenvalue weighted by atomic mass is 16.3. The molecule has 86 valence electrons. The molecule has 0 saturated carbocycles. The van der Waals surface area contributed by atoms with Gasteiger partial charge in [-0.05, 0) is 19.9 Å². The second-order valence-electron chi connectivity index (χ2n) is 4.11. The summed E-state index contributed by atoms with van der Waals surface area (Å²) in [7, 11) is 0. The summed E-state index contributed by atoms with van der Waals surface area (Å²) in [5, 5.41) is 13.5. The summed E-state index contributed by atoms with van der Waals surface area (Å²) in [5.74, 6) is 0.944. The Kier molecular flexibility index (Phi) is 3.27. The van der Waals surface area contributed by atoms with Gasteiger partial charge < -0.3 is 14.8 Å². The van der Waals surface area contributed by atoms with E-state index in [2.05, 4.69) is 11.4 Å². The third-order valence-corrected chi connectivity index (χ3v) is 2.64. The van der Waals surface area contributed by atoms with E-state index in [-0.39, 0.29) is 6.10 Å². The quantitative estimate of drug-likeness (QED) is 0.828. The lowest BCUT2D eigenvalue weighted by molar-refractivity contribution is 0.191. The minimum absolute atomic E-state index is 0.321. The van der Waals surface area contributed by atoms with E-state index in [4.69, 9.17) is 4.42 Å². The van der Waals surface area contributed by atoms with Crippen LogP contribution in [0.2, 0.25) is 0 Å². The van der Waals surface area contributed by atoms with E-state index in [1.807, 2.05) is 25.1 Å². The van der Waals surface area contributed by atoms with E-state index in [9.17, 15) is 5.11 Å². The van der Waals surface area contributed by atoms with Crippen LogP contribution in [0.15, 0.2) is 28.7 Å². The number of rotatable bonds is 4. The number of fused-ring (bicyclic) bond motifs is 1. The van der Waals surface area contributed by atoms with Gasteiger partial charge in [0, 0.05) is 24.0 Å². The van der Waals surface area contributed by atoms with Crippen LogP contribution in [0.25, 0.3) is 11.0 Å². The van der Waals surface area contributed by atoms with Crippen LogP contribution in [0.1, 0.15) is 18.2 Å². The molecule has 3 heteroatoms. The third-order valence-electron chi connectivity index (χ3n) is 2.64. The molecular formula is C13H17NO2. The van der Waals surface area contributed by atoms with Crippen molar-refractivity contribution in [3.8, 4) is 0 Å². The summed E-state index contributed by atoms with van der Waals surface area (Å²) in [6.45, 7) is 5.07. The molecule has 0 radical (unpaired) electrons. The monoisotopic (exact) mass is 219 g/mol. The lowest BCUT2D eigenvalue weighted by Crippen LogP contribution is -2.23. The van der Waals surface area contributed by atoms with Crippen molar-refractivity contribution in [1.82, 2.24) is 5.32 Å². The fraction of sp³-hybridized carbons (Fsp3) is 0.385. The Hall–Kier alpha value is -1.32. The van der Waals surface area contributed by atoms with Crippen LogP contribution >= 0.6 is 0 Å². The number of nitrogens with one attached hydrogen (secondary N) is 1. The van der Waals surface area contributed by atoms with Gasteiger partial charge in [0.1, 0.15) is 11.3 Å². The molecule has 0 aliphatic rings. The fourth-order valence-corrected chi connectivity index (χ4v) is 1.85. The van der Waals surface area contributed by atoms with E-state index in [0.29, 0.717) is 6.54 Å². The maximum atomic E-state index is 9.18. The largest absolute Gasteiger partial charge is 0.461 e. The normalized spacial score (nSPS) is 13.2. The van der Waals surface area contributed by atoms with Gasteiger partial charge in [0.25, 0.3) is 0 Å². The second kappa shape index (κ2) is 4.68. The minimum atomic E-state index is -0.321. The summed E-state index contributed by atoms with van der Waals surface area (Å²) in [6, 6.07) is 8.01. The number of aliphatic hydroxyl groups is 1. The van der Waals surface area contributed by atoms with Gasteiger partial charge >= 0.3 is 0 Å². The number of aliphatic hydroxyl groups excluding tert-OH is 1. The SMILES string of the molecule is Cc1oc2ccccc2c1CNCC(C)O. The highest BCUT2D eigenvalue weighted by Gasteiger charge is 2.09. The molecule has 0 amide bonds. The molecule has 3 nitrogen and oxygen atoms in total. The first kappa shape index (κ1) is 11.2. The van der Waals surface area contributed by atoms with Crippen LogP contribution in [0.3, 0.4) is 0 Å². The van der Waals surface area contributed by atoms with Crippen molar-refractivity contribution in [1.29, 1.82) is 0 Å². The van der Waals surface area contributed by atoms with Gasteiger partial charge in [-0.15, -0.1) is 0 Å². The van der Waals surface area contributed by atoms with Crippen LogP contribution in [0, 0.1) is 6.92 Å². The lowest BCUT2D eigenvalue weighted by Gasteiger charge is -2.06. The number of furan rings is 1. The third kappa shape index (κ3) is 2.26. The lowest BCUT2D eigenvalue weighted by atomic mass is 10.1. The molecule has 0 saturated heterocycles. The highest BCUT2D eigenvalue weighted by molar-refractivity contribution is 5.82. The molecule has 2 rings (SSSR count). The van der Waals surface area contributed by atoms with E-state index in [1.54, 1.807) is 6.92 Å². The molecular weight excluding hydrogens is 202 g/mol. The molecule has 1 atom stereocenters. The summed E-state index contributed by atoms with van der Waals surface area (Å²) >= 11 is 0. The van der Waals surface area contributed by atoms with Crippen LogP contribution in [-0.4, -0.2) is 17.8 Å². The molecule has 0 bridgehead atoms. The van der Waals surface area contributed by atoms with Crippen LogP contribution in [-0.2, 0) is 6.54 Å². The van der Waals surface area contributed by atoms with Crippen molar-refractivity contribution in [2.75, 3.05) is 6.54 Å². The summed E-state index contributed by atoms with van der Waals surface area (Å²) in [4.78, 5) is 0. The van der Waals surface area contributed by atoms with Crippen molar-refractivity contribution in [3.05, 3.63) is 35.6 Å². The number of hydrogen-bond donors (Lipinski definition) is 2. The Labute approximate surface area is 95.1 Å². The second-order valence-corrected chi connectivity index (χ2v) is 4.11. The Morgan fingerprint density at radius 2 is 2.12 bits per heavy atom. The van der Waals surface area contributed by atoms with E-state index in [1.165, 1.54) is 5.56 Å². The van der Waals surface area contributed by atoms with Crippen molar-refractivity contribution in [2.45, 2.75) is 26.5 Å². The first-order chi connectivity index (χ1) is 7.68. The average Bonchev–Trinajstić information content (AvgIpc) is 2.55. The van der Waals surface area contributed by atoms with Gasteiger partial charge in [-0.3, -0.25) is 0 Å². The maximum Gasteiger partial charge on any atom is 0.134 e. The zero-order chi connectivity index (χ0) is 11.5. The molecule has 1 heterocycles. The van der Waals surface area contributed by atoms with Crippen molar-refractivity contribution >= 4 is 11.0 Å². The Morgan fingerprint density at radius 3 is 2.88 bits per heavy atom. The molecule has 0 fully saturated rings. The predicted molar refractivity (Wildman–Crippen MR) is 64.3 cm³/mol. The van der Waals surface area contributed by atoms with Crippen molar-refractivity contribution in [3.63, 3.8) is 0 Å². The number of hydrogen-bond acceptors (Lipinski definition) is 3. The van der Waals surface area contributed by atoms with E-state index < -0.39 is 0 Å². The molecule has 0 aliphatic carbocycles. The molecule has 2 N–H and O–H groups in total.